The van der Waals surface area contributed by atoms with Crippen LogP contribution in [-0.4, -0.2) is 15.4 Å². The van der Waals surface area contributed by atoms with Gasteiger partial charge in [0, 0.05) is 21.1 Å². The number of anilines is 1. The predicted molar refractivity (Wildman–Crippen MR) is 95.9 cm³/mol. The second-order valence-electron chi connectivity index (χ2n) is 7.44. The molecule has 0 bridgehead atoms. The summed E-state index contributed by atoms with van der Waals surface area (Å²) in [6, 6.07) is 11.0. The highest BCUT2D eigenvalue weighted by atomic mass is 28.1. The fraction of sp³-hybridized carbons (Fsp3) is 0.684. The van der Waals surface area contributed by atoms with Crippen LogP contribution >= 0.6 is 0 Å². The molecule has 0 aliphatic heterocycles. The van der Waals surface area contributed by atoms with Crippen molar-refractivity contribution in [2.75, 3.05) is 5.32 Å². The Morgan fingerprint density at radius 2 is 1.24 bits per heavy atom. The van der Waals surface area contributed by atoms with Crippen LogP contribution < -0.4 is 5.32 Å². The molecule has 2 aliphatic carbocycles. The van der Waals surface area contributed by atoms with E-state index in [1.807, 2.05) is 0 Å². The third-order valence-corrected chi connectivity index (χ3v) is 7.98. The van der Waals surface area contributed by atoms with Crippen molar-refractivity contribution in [3.8, 4) is 0 Å². The van der Waals surface area contributed by atoms with Crippen LogP contribution in [0.25, 0.3) is 0 Å². The lowest BCUT2D eigenvalue weighted by Gasteiger charge is -2.48. The van der Waals surface area contributed by atoms with Crippen molar-refractivity contribution in [3.05, 3.63) is 30.3 Å². The Morgan fingerprint density at radius 1 is 0.762 bits per heavy atom. The fourth-order valence-corrected chi connectivity index (χ4v) is 6.22. The van der Waals surface area contributed by atoms with Crippen LogP contribution in [0.4, 0.5) is 5.69 Å². The van der Waals surface area contributed by atoms with Gasteiger partial charge >= 0.3 is 0 Å². The lowest BCUT2D eigenvalue weighted by molar-refractivity contribution is 0.189. The van der Waals surface area contributed by atoms with Gasteiger partial charge in [0.2, 0.25) is 0 Å². The van der Waals surface area contributed by atoms with Gasteiger partial charge in [0.05, 0.1) is 0 Å². The summed E-state index contributed by atoms with van der Waals surface area (Å²) in [4.78, 5) is 0. The molecule has 2 heteroatoms. The Bertz CT molecular complexity index is 400. The fourth-order valence-electron chi connectivity index (χ4n) is 4.77. The maximum absolute atomic E-state index is 4.06. The average molecular weight is 302 g/mol. The summed E-state index contributed by atoms with van der Waals surface area (Å²) in [5, 5.41) is 4.49. The summed E-state index contributed by atoms with van der Waals surface area (Å²) in [7, 11) is 1.27. The first-order chi connectivity index (χ1) is 10.3. The van der Waals surface area contributed by atoms with Crippen LogP contribution in [0.3, 0.4) is 0 Å². The molecule has 2 aliphatic rings. The molecule has 0 heterocycles. The van der Waals surface area contributed by atoms with Crippen LogP contribution in [-0.2, 0) is 0 Å². The molecular weight excluding hydrogens is 270 g/mol. The Kier molecular flexibility index (Phi) is 5.05. The van der Waals surface area contributed by atoms with Crippen molar-refractivity contribution in [3.63, 3.8) is 0 Å². The summed E-state index contributed by atoms with van der Waals surface area (Å²) < 4.78 is 0. The van der Waals surface area contributed by atoms with E-state index in [9.17, 15) is 0 Å². The Balaban J connectivity index is 1.81. The molecule has 0 aromatic heterocycles. The van der Waals surface area contributed by atoms with Crippen molar-refractivity contribution in [1.82, 2.24) is 0 Å². The standard InChI is InChI=1S/C19H31NSi/c21-19(16-10-4-1-5-11-16,17-12-6-2-7-13-17)20-18-14-8-3-9-15-18/h3,8-9,14-17,20H,1-2,4-7,10-13H2,21H3. The van der Waals surface area contributed by atoms with Gasteiger partial charge in [-0.3, -0.25) is 0 Å². The van der Waals surface area contributed by atoms with E-state index in [0.29, 0.717) is 5.16 Å². The van der Waals surface area contributed by atoms with E-state index in [-0.39, 0.29) is 0 Å². The molecule has 116 valence electrons. The lowest BCUT2D eigenvalue weighted by atomic mass is 9.73. The van der Waals surface area contributed by atoms with Crippen molar-refractivity contribution in [2.45, 2.75) is 69.4 Å². The van der Waals surface area contributed by atoms with Gasteiger partial charge in [-0.25, -0.2) is 0 Å². The molecule has 1 aromatic rings. The van der Waals surface area contributed by atoms with E-state index in [2.05, 4.69) is 35.6 Å². The molecule has 21 heavy (non-hydrogen) atoms. The minimum absolute atomic E-state index is 0.433. The molecule has 0 radical (unpaired) electrons. The lowest BCUT2D eigenvalue weighted by Crippen LogP contribution is -2.53. The van der Waals surface area contributed by atoms with E-state index in [4.69, 9.17) is 0 Å². The number of para-hydroxylation sites is 1. The van der Waals surface area contributed by atoms with Crippen LogP contribution in [0.5, 0.6) is 0 Å². The van der Waals surface area contributed by atoms with E-state index < -0.39 is 0 Å². The van der Waals surface area contributed by atoms with E-state index >= 15 is 0 Å². The van der Waals surface area contributed by atoms with Gasteiger partial charge in [-0.05, 0) is 49.7 Å². The highest BCUT2D eigenvalue weighted by Gasteiger charge is 2.41. The Morgan fingerprint density at radius 3 is 1.71 bits per heavy atom. The molecule has 1 nitrogen and oxygen atoms in total. The molecule has 1 N–H and O–H groups in total. The third kappa shape index (κ3) is 3.53. The maximum Gasteiger partial charge on any atom is 0.0355 e. The zero-order valence-corrected chi connectivity index (χ0v) is 15.6. The number of benzene rings is 1. The number of hydrogen-bond donors (Lipinski definition) is 1. The maximum atomic E-state index is 4.06. The van der Waals surface area contributed by atoms with Gasteiger partial charge in [0.1, 0.15) is 0 Å². The summed E-state index contributed by atoms with van der Waals surface area (Å²) >= 11 is 0. The van der Waals surface area contributed by atoms with Gasteiger partial charge in [-0.15, -0.1) is 0 Å². The minimum Gasteiger partial charge on any atom is -0.383 e. The molecule has 0 saturated heterocycles. The smallest absolute Gasteiger partial charge is 0.0355 e. The van der Waals surface area contributed by atoms with Crippen LogP contribution in [0.1, 0.15) is 64.2 Å². The zero-order valence-electron chi connectivity index (χ0n) is 13.6. The van der Waals surface area contributed by atoms with Gasteiger partial charge in [-0.1, -0.05) is 56.7 Å². The van der Waals surface area contributed by atoms with Crippen molar-refractivity contribution in [1.29, 1.82) is 0 Å². The molecule has 3 rings (SSSR count). The van der Waals surface area contributed by atoms with Crippen molar-refractivity contribution < 1.29 is 0 Å². The molecule has 1 aromatic carbocycles. The van der Waals surface area contributed by atoms with Crippen molar-refractivity contribution in [2.24, 2.45) is 11.8 Å². The normalized spacial score (nSPS) is 22.3. The second kappa shape index (κ2) is 7.00. The van der Waals surface area contributed by atoms with Gasteiger partial charge in [0.15, 0.2) is 0 Å². The average Bonchev–Trinajstić information content (AvgIpc) is 2.57. The third-order valence-electron chi connectivity index (χ3n) is 6.09. The molecule has 0 atom stereocenters. The van der Waals surface area contributed by atoms with Crippen LogP contribution in [0, 0.1) is 11.8 Å². The molecule has 2 fully saturated rings. The summed E-state index contributed by atoms with van der Waals surface area (Å²) in [5.74, 6) is 1.84. The highest BCUT2D eigenvalue weighted by molar-refractivity contribution is 6.17. The number of hydrogen-bond acceptors (Lipinski definition) is 1. The second-order valence-corrected chi connectivity index (χ2v) is 9.10. The highest BCUT2D eigenvalue weighted by Crippen LogP contribution is 2.42. The molecule has 0 amide bonds. The van der Waals surface area contributed by atoms with Gasteiger partial charge < -0.3 is 5.32 Å². The topological polar surface area (TPSA) is 12.0 Å². The predicted octanol–water partition coefficient (Wildman–Crippen LogP) is 4.32. The van der Waals surface area contributed by atoms with Crippen LogP contribution in [0.2, 0.25) is 0 Å². The summed E-state index contributed by atoms with van der Waals surface area (Å²) in [6.07, 6.45) is 14.6. The Hall–Kier alpha value is -0.763. The monoisotopic (exact) mass is 301 g/mol. The molecule has 0 spiro atoms. The Labute approximate surface area is 133 Å². The van der Waals surface area contributed by atoms with Crippen molar-refractivity contribution >= 4 is 15.9 Å². The summed E-state index contributed by atoms with van der Waals surface area (Å²) in [5.41, 5.74) is 1.35. The van der Waals surface area contributed by atoms with Crippen LogP contribution in [0.15, 0.2) is 30.3 Å². The first kappa shape index (κ1) is 15.1. The zero-order chi connectivity index (χ0) is 14.5. The number of nitrogens with one attached hydrogen (secondary N) is 1. The van der Waals surface area contributed by atoms with Gasteiger partial charge in [0.25, 0.3) is 0 Å². The quantitative estimate of drug-likeness (QED) is 0.817. The largest absolute Gasteiger partial charge is 0.383 e. The minimum atomic E-state index is 0.433. The van der Waals surface area contributed by atoms with E-state index in [1.165, 1.54) is 80.1 Å². The first-order valence-electron chi connectivity index (χ1n) is 9.12. The van der Waals surface area contributed by atoms with Gasteiger partial charge in [-0.2, -0.15) is 0 Å². The molecule has 2 saturated carbocycles. The molecule has 0 unspecified atom stereocenters. The SMILES string of the molecule is [SiH3]C(Nc1ccccc1)(C1CCCCC1)C1CCCCC1. The summed E-state index contributed by atoms with van der Waals surface area (Å²) in [6.45, 7) is 0. The van der Waals surface area contributed by atoms with E-state index in [0.717, 1.165) is 11.8 Å². The van der Waals surface area contributed by atoms with E-state index in [1.54, 1.807) is 0 Å². The number of rotatable bonds is 4. The first-order valence-corrected chi connectivity index (χ1v) is 10.1. The molecular formula is C19H31NSi.